The Morgan fingerprint density at radius 3 is 2.31 bits per heavy atom. The summed E-state index contributed by atoms with van der Waals surface area (Å²) < 4.78 is 5.14. The van der Waals surface area contributed by atoms with Gasteiger partial charge in [0.25, 0.3) is 0 Å². The molecule has 1 fully saturated rings. The average molecular weight is 232 g/mol. The van der Waals surface area contributed by atoms with Crippen LogP contribution < -0.4 is 11.1 Å². The van der Waals surface area contributed by atoms with Crippen LogP contribution in [0.5, 0.6) is 0 Å². The number of aliphatic hydroxyl groups excluding tert-OH is 2. The molecule has 0 radical (unpaired) electrons. The number of nitrogens with one attached hydrogen (secondary N) is 1. The van der Waals surface area contributed by atoms with Crippen LogP contribution in [0.4, 0.5) is 0 Å². The molecule has 1 rings (SSSR count). The first-order valence-electron chi connectivity index (χ1n) is 4.92. The SMILES string of the molecule is CC(=O)N[C@H]1C(C)O[C@H](C(N)=O)[C@H](O)[C@@H]1O. The normalized spacial score (nSPS) is 39.1. The maximum Gasteiger partial charge on any atom is 0.249 e. The first-order valence-corrected chi connectivity index (χ1v) is 4.92. The minimum absolute atomic E-state index is 0.357. The third kappa shape index (κ3) is 2.49. The summed E-state index contributed by atoms with van der Waals surface area (Å²) in [6.45, 7) is 2.86. The Morgan fingerprint density at radius 1 is 1.31 bits per heavy atom. The molecule has 92 valence electrons. The maximum atomic E-state index is 10.9. The van der Waals surface area contributed by atoms with Crippen molar-refractivity contribution >= 4 is 11.8 Å². The van der Waals surface area contributed by atoms with Crippen molar-refractivity contribution in [1.29, 1.82) is 0 Å². The molecule has 5 N–H and O–H groups in total. The number of hydrogen-bond acceptors (Lipinski definition) is 5. The number of hydrogen-bond donors (Lipinski definition) is 4. The number of primary amides is 1. The Hall–Kier alpha value is -1.18. The standard InChI is InChI=1S/C9H16N2O5/c1-3-5(11-4(2)12)6(13)7(14)8(16-3)9(10)15/h3,5-8,13-14H,1-2H3,(H2,10,15)(H,11,12)/t3?,5-,6+,7+,8-/m0/s1. The summed E-state index contributed by atoms with van der Waals surface area (Å²) in [6, 6.07) is -0.761. The number of carbonyl (C=O) groups excluding carboxylic acids is 2. The van der Waals surface area contributed by atoms with E-state index in [1.165, 1.54) is 6.92 Å². The van der Waals surface area contributed by atoms with Crippen LogP contribution in [0.1, 0.15) is 13.8 Å². The number of rotatable bonds is 2. The minimum Gasteiger partial charge on any atom is -0.388 e. The van der Waals surface area contributed by atoms with E-state index < -0.39 is 36.4 Å². The molecular formula is C9H16N2O5. The van der Waals surface area contributed by atoms with Gasteiger partial charge in [0.05, 0.1) is 12.1 Å². The largest absolute Gasteiger partial charge is 0.388 e. The van der Waals surface area contributed by atoms with Gasteiger partial charge in [-0.25, -0.2) is 0 Å². The van der Waals surface area contributed by atoms with Crippen molar-refractivity contribution in [2.24, 2.45) is 5.73 Å². The van der Waals surface area contributed by atoms with E-state index in [0.717, 1.165) is 0 Å². The van der Waals surface area contributed by atoms with Crippen molar-refractivity contribution in [2.45, 2.75) is 44.3 Å². The highest BCUT2D eigenvalue weighted by Crippen LogP contribution is 2.20. The van der Waals surface area contributed by atoms with E-state index in [2.05, 4.69) is 5.32 Å². The van der Waals surface area contributed by atoms with E-state index in [1.807, 2.05) is 0 Å². The number of ether oxygens (including phenoxy) is 1. The van der Waals surface area contributed by atoms with Crippen LogP contribution in [0.3, 0.4) is 0 Å². The zero-order valence-corrected chi connectivity index (χ0v) is 9.08. The lowest BCUT2D eigenvalue weighted by atomic mass is 9.93. The van der Waals surface area contributed by atoms with Crippen LogP contribution >= 0.6 is 0 Å². The molecule has 16 heavy (non-hydrogen) atoms. The lowest BCUT2D eigenvalue weighted by Crippen LogP contribution is -2.64. The van der Waals surface area contributed by atoms with Crippen LogP contribution in [0.15, 0.2) is 0 Å². The highest BCUT2D eigenvalue weighted by molar-refractivity contribution is 5.80. The highest BCUT2D eigenvalue weighted by Gasteiger charge is 2.45. The summed E-state index contributed by atoms with van der Waals surface area (Å²) in [4.78, 5) is 21.8. The number of aliphatic hydroxyl groups is 2. The van der Waals surface area contributed by atoms with Gasteiger partial charge < -0.3 is 26.0 Å². The molecule has 7 heteroatoms. The molecule has 0 aromatic carbocycles. The Balaban J connectivity index is 2.79. The topological polar surface area (TPSA) is 122 Å². The molecular weight excluding hydrogens is 216 g/mol. The van der Waals surface area contributed by atoms with Crippen molar-refractivity contribution in [3.05, 3.63) is 0 Å². The number of nitrogens with two attached hydrogens (primary N) is 1. The molecule has 0 spiro atoms. The molecule has 0 bridgehead atoms. The summed E-state index contributed by atoms with van der Waals surface area (Å²) in [5.41, 5.74) is 5.01. The summed E-state index contributed by atoms with van der Waals surface area (Å²) in [5.74, 6) is -1.20. The second kappa shape index (κ2) is 4.77. The van der Waals surface area contributed by atoms with Gasteiger partial charge in [0, 0.05) is 6.92 Å². The van der Waals surface area contributed by atoms with Gasteiger partial charge >= 0.3 is 0 Å². The molecule has 1 saturated heterocycles. The summed E-state index contributed by atoms with van der Waals surface area (Å²) in [7, 11) is 0. The fourth-order valence-electron chi connectivity index (χ4n) is 1.74. The molecule has 0 aliphatic carbocycles. The van der Waals surface area contributed by atoms with Crippen LogP contribution in [0.2, 0.25) is 0 Å². The fourth-order valence-corrected chi connectivity index (χ4v) is 1.74. The summed E-state index contributed by atoms with van der Waals surface area (Å²) in [5, 5.41) is 21.8. The Labute approximate surface area is 92.6 Å². The lowest BCUT2D eigenvalue weighted by molar-refractivity contribution is -0.186. The number of amides is 2. The quantitative estimate of drug-likeness (QED) is 0.419. The van der Waals surface area contributed by atoms with E-state index in [0.29, 0.717) is 0 Å². The fraction of sp³-hybridized carbons (Fsp3) is 0.778. The smallest absolute Gasteiger partial charge is 0.249 e. The Bertz CT molecular complexity index is 296. The molecule has 1 aliphatic heterocycles. The van der Waals surface area contributed by atoms with Crippen molar-refractivity contribution in [3.8, 4) is 0 Å². The van der Waals surface area contributed by atoms with Gasteiger partial charge in [0.15, 0.2) is 6.10 Å². The second-order valence-corrected chi connectivity index (χ2v) is 3.87. The van der Waals surface area contributed by atoms with E-state index in [4.69, 9.17) is 10.5 Å². The maximum absolute atomic E-state index is 10.9. The van der Waals surface area contributed by atoms with E-state index in [9.17, 15) is 19.8 Å². The Kier molecular flexibility index (Phi) is 3.84. The summed E-state index contributed by atoms with van der Waals surface area (Å²) in [6.07, 6.45) is -4.59. The average Bonchev–Trinajstić information content (AvgIpc) is 2.17. The lowest BCUT2D eigenvalue weighted by Gasteiger charge is -2.40. The van der Waals surface area contributed by atoms with Gasteiger partial charge in [0.2, 0.25) is 11.8 Å². The zero-order valence-electron chi connectivity index (χ0n) is 9.08. The first-order chi connectivity index (χ1) is 7.34. The zero-order chi connectivity index (χ0) is 12.5. The molecule has 5 atom stereocenters. The third-order valence-electron chi connectivity index (χ3n) is 2.55. The van der Waals surface area contributed by atoms with Crippen LogP contribution in [-0.2, 0) is 14.3 Å². The molecule has 0 aromatic heterocycles. The van der Waals surface area contributed by atoms with Gasteiger partial charge in [0.1, 0.15) is 12.2 Å². The van der Waals surface area contributed by atoms with Crippen molar-refractivity contribution in [1.82, 2.24) is 5.32 Å². The van der Waals surface area contributed by atoms with Crippen molar-refractivity contribution < 1.29 is 24.5 Å². The van der Waals surface area contributed by atoms with Crippen LogP contribution in [-0.4, -0.2) is 52.5 Å². The highest BCUT2D eigenvalue weighted by atomic mass is 16.5. The van der Waals surface area contributed by atoms with Gasteiger partial charge in [-0.2, -0.15) is 0 Å². The van der Waals surface area contributed by atoms with Crippen LogP contribution in [0.25, 0.3) is 0 Å². The molecule has 0 saturated carbocycles. The van der Waals surface area contributed by atoms with Crippen LogP contribution in [0, 0.1) is 0 Å². The van der Waals surface area contributed by atoms with Gasteiger partial charge in [-0.05, 0) is 6.92 Å². The van der Waals surface area contributed by atoms with E-state index >= 15 is 0 Å². The monoisotopic (exact) mass is 232 g/mol. The van der Waals surface area contributed by atoms with E-state index in [1.54, 1.807) is 6.92 Å². The predicted octanol–water partition coefficient (Wildman–Crippen LogP) is -2.51. The van der Waals surface area contributed by atoms with Crippen molar-refractivity contribution in [2.75, 3.05) is 0 Å². The summed E-state index contributed by atoms with van der Waals surface area (Å²) >= 11 is 0. The molecule has 1 aliphatic rings. The predicted molar refractivity (Wildman–Crippen MR) is 53.1 cm³/mol. The van der Waals surface area contributed by atoms with E-state index in [-0.39, 0.29) is 5.91 Å². The molecule has 7 nitrogen and oxygen atoms in total. The first kappa shape index (κ1) is 12.9. The Morgan fingerprint density at radius 2 is 1.88 bits per heavy atom. The molecule has 2 amide bonds. The molecule has 1 heterocycles. The molecule has 1 unspecified atom stereocenters. The third-order valence-corrected chi connectivity index (χ3v) is 2.55. The van der Waals surface area contributed by atoms with Gasteiger partial charge in [-0.15, -0.1) is 0 Å². The molecule has 0 aromatic rings. The van der Waals surface area contributed by atoms with Crippen molar-refractivity contribution in [3.63, 3.8) is 0 Å². The van der Waals surface area contributed by atoms with Gasteiger partial charge in [-0.3, -0.25) is 9.59 Å². The number of carbonyl (C=O) groups is 2. The minimum atomic E-state index is -1.44. The second-order valence-electron chi connectivity index (χ2n) is 3.87. The van der Waals surface area contributed by atoms with Gasteiger partial charge in [-0.1, -0.05) is 0 Å².